The Bertz CT molecular complexity index is 607. The standard InChI is InChI=1S/C15H14FN3O/c16-12-5-4-6-13(11(12)9-17)19-14(20)15(10-18)7-2-1-3-8-15/h4-6H,1-3,7-8H2,(H,19,20). The number of halogens is 1. The highest BCUT2D eigenvalue weighted by Gasteiger charge is 2.40. The first-order valence-corrected chi connectivity index (χ1v) is 6.54. The average molecular weight is 271 g/mol. The summed E-state index contributed by atoms with van der Waals surface area (Å²) in [5.74, 6) is -1.12. The highest BCUT2D eigenvalue weighted by atomic mass is 19.1. The largest absolute Gasteiger partial charge is 0.323 e. The number of benzene rings is 1. The van der Waals surface area contributed by atoms with Crippen molar-refractivity contribution in [3.8, 4) is 12.1 Å². The third-order valence-electron chi connectivity index (χ3n) is 3.73. The molecule has 1 amide bonds. The molecule has 4 nitrogen and oxygen atoms in total. The number of carbonyl (C=O) groups excluding carboxylic acids is 1. The van der Waals surface area contributed by atoms with Crippen molar-refractivity contribution < 1.29 is 9.18 Å². The van der Waals surface area contributed by atoms with Crippen molar-refractivity contribution in [1.82, 2.24) is 0 Å². The van der Waals surface area contributed by atoms with Gasteiger partial charge in [-0.1, -0.05) is 25.3 Å². The number of amides is 1. The molecule has 0 bridgehead atoms. The summed E-state index contributed by atoms with van der Waals surface area (Å²) in [5.41, 5.74) is -1.14. The molecular weight excluding hydrogens is 257 g/mol. The Kier molecular flexibility index (Phi) is 4.00. The molecule has 0 radical (unpaired) electrons. The van der Waals surface area contributed by atoms with Gasteiger partial charge in [-0.2, -0.15) is 10.5 Å². The summed E-state index contributed by atoms with van der Waals surface area (Å²) >= 11 is 0. The quantitative estimate of drug-likeness (QED) is 0.897. The van der Waals surface area contributed by atoms with Crippen LogP contribution in [0.2, 0.25) is 0 Å². The predicted octanol–water partition coefficient (Wildman–Crippen LogP) is 3.11. The van der Waals surface area contributed by atoms with Crippen molar-refractivity contribution in [2.75, 3.05) is 5.32 Å². The molecule has 2 rings (SSSR count). The van der Waals surface area contributed by atoms with E-state index < -0.39 is 17.1 Å². The number of nitrogens with one attached hydrogen (secondary N) is 1. The maximum atomic E-state index is 13.5. The maximum absolute atomic E-state index is 13.5. The van der Waals surface area contributed by atoms with E-state index in [-0.39, 0.29) is 11.3 Å². The molecule has 1 aromatic rings. The van der Waals surface area contributed by atoms with Gasteiger partial charge < -0.3 is 5.32 Å². The van der Waals surface area contributed by atoms with Crippen LogP contribution in [0, 0.1) is 33.9 Å². The summed E-state index contributed by atoms with van der Waals surface area (Å²) in [7, 11) is 0. The van der Waals surface area contributed by atoms with E-state index in [9.17, 15) is 14.4 Å². The lowest BCUT2D eigenvalue weighted by atomic mass is 9.74. The van der Waals surface area contributed by atoms with Crippen LogP contribution in [0.3, 0.4) is 0 Å². The van der Waals surface area contributed by atoms with E-state index >= 15 is 0 Å². The minimum absolute atomic E-state index is 0.123. The van der Waals surface area contributed by atoms with Gasteiger partial charge in [-0.05, 0) is 25.0 Å². The fourth-order valence-corrected chi connectivity index (χ4v) is 2.53. The zero-order valence-corrected chi connectivity index (χ0v) is 10.9. The normalized spacial score (nSPS) is 16.8. The minimum atomic E-state index is -1.06. The summed E-state index contributed by atoms with van der Waals surface area (Å²) in [5, 5.41) is 20.8. The van der Waals surface area contributed by atoms with Gasteiger partial charge in [0.05, 0.1) is 11.8 Å². The summed E-state index contributed by atoms with van der Waals surface area (Å²) < 4.78 is 13.5. The first kappa shape index (κ1) is 14.0. The molecule has 0 saturated heterocycles. The lowest BCUT2D eigenvalue weighted by Gasteiger charge is -2.29. The molecule has 0 aromatic heterocycles. The molecule has 1 saturated carbocycles. The lowest BCUT2D eigenvalue weighted by Crippen LogP contribution is -2.37. The van der Waals surface area contributed by atoms with Crippen LogP contribution in [0.15, 0.2) is 18.2 Å². The van der Waals surface area contributed by atoms with Crippen molar-refractivity contribution in [2.45, 2.75) is 32.1 Å². The number of rotatable bonds is 2. The lowest BCUT2D eigenvalue weighted by molar-refractivity contribution is -0.124. The monoisotopic (exact) mass is 271 g/mol. The van der Waals surface area contributed by atoms with Crippen LogP contribution < -0.4 is 5.32 Å². The van der Waals surface area contributed by atoms with Crippen molar-refractivity contribution in [3.63, 3.8) is 0 Å². The summed E-state index contributed by atoms with van der Waals surface area (Å²) in [4.78, 5) is 12.3. The van der Waals surface area contributed by atoms with Gasteiger partial charge in [0.25, 0.3) is 0 Å². The third kappa shape index (κ3) is 2.48. The molecule has 0 unspecified atom stereocenters. The number of nitrogens with zero attached hydrogens (tertiary/aromatic N) is 2. The molecule has 102 valence electrons. The van der Waals surface area contributed by atoms with Gasteiger partial charge in [-0.3, -0.25) is 4.79 Å². The van der Waals surface area contributed by atoms with Gasteiger partial charge in [-0.15, -0.1) is 0 Å². The second-order valence-corrected chi connectivity index (χ2v) is 4.98. The first-order valence-electron chi connectivity index (χ1n) is 6.54. The molecule has 1 fully saturated rings. The van der Waals surface area contributed by atoms with Gasteiger partial charge in [0.15, 0.2) is 0 Å². The number of hydrogen-bond acceptors (Lipinski definition) is 3. The molecule has 20 heavy (non-hydrogen) atoms. The SMILES string of the molecule is N#Cc1c(F)cccc1NC(=O)C1(C#N)CCCCC1. The van der Waals surface area contributed by atoms with E-state index in [1.165, 1.54) is 12.1 Å². The van der Waals surface area contributed by atoms with Crippen LogP contribution in [0.5, 0.6) is 0 Å². The fraction of sp³-hybridized carbons (Fsp3) is 0.400. The van der Waals surface area contributed by atoms with Crippen LogP contribution in [0.4, 0.5) is 10.1 Å². The molecule has 5 heteroatoms. The van der Waals surface area contributed by atoms with E-state index in [4.69, 9.17) is 5.26 Å². The van der Waals surface area contributed by atoms with E-state index in [1.807, 2.05) is 0 Å². The van der Waals surface area contributed by atoms with Crippen molar-refractivity contribution in [1.29, 1.82) is 10.5 Å². The zero-order valence-electron chi connectivity index (χ0n) is 10.9. The van der Waals surface area contributed by atoms with Gasteiger partial charge in [-0.25, -0.2) is 4.39 Å². The van der Waals surface area contributed by atoms with Crippen molar-refractivity contribution >= 4 is 11.6 Å². The Morgan fingerprint density at radius 1 is 1.25 bits per heavy atom. The summed E-state index contributed by atoms with van der Waals surface area (Å²) in [6.07, 6.45) is 3.68. The van der Waals surface area contributed by atoms with Gasteiger partial charge in [0.2, 0.25) is 5.91 Å². The molecular formula is C15H14FN3O. The molecule has 1 N–H and O–H groups in total. The van der Waals surface area contributed by atoms with E-state index in [0.717, 1.165) is 25.3 Å². The molecule has 0 spiro atoms. The first-order chi connectivity index (χ1) is 9.63. The molecule has 0 heterocycles. The van der Waals surface area contributed by atoms with E-state index in [1.54, 1.807) is 6.07 Å². The van der Waals surface area contributed by atoms with Gasteiger partial charge >= 0.3 is 0 Å². The summed E-state index contributed by atoms with van der Waals surface area (Å²) in [6.45, 7) is 0. The molecule has 0 atom stereocenters. The van der Waals surface area contributed by atoms with E-state index in [2.05, 4.69) is 11.4 Å². The fourth-order valence-electron chi connectivity index (χ4n) is 2.53. The molecule has 1 aliphatic carbocycles. The number of carbonyl (C=O) groups is 1. The van der Waals surface area contributed by atoms with Crippen LogP contribution in [-0.4, -0.2) is 5.91 Å². The van der Waals surface area contributed by atoms with Gasteiger partial charge in [0, 0.05) is 0 Å². The van der Waals surface area contributed by atoms with Crippen molar-refractivity contribution in [2.24, 2.45) is 5.41 Å². The Morgan fingerprint density at radius 3 is 2.55 bits per heavy atom. The number of hydrogen-bond donors (Lipinski definition) is 1. The Morgan fingerprint density at radius 2 is 1.95 bits per heavy atom. The highest BCUT2D eigenvalue weighted by Crippen LogP contribution is 2.37. The average Bonchev–Trinajstić information content (AvgIpc) is 2.48. The topological polar surface area (TPSA) is 76.7 Å². The number of nitriles is 2. The number of anilines is 1. The zero-order chi connectivity index (χ0) is 14.6. The predicted molar refractivity (Wildman–Crippen MR) is 70.9 cm³/mol. The van der Waals surface area contributed by atoms with Crippen LogP contribution in [0.1, 0.15) is 37.7 Å². The minimum Gasteiger partial charge on any atom is -0.323 e. The third-order valence-corrected chi connectivity index (χ3v) is 3.73. The van der Waals surface area contributed by atoms with Crippen molar-refractivity contribution in [3.05, 3.63) is 29.6 Å². The second kappa shape index (κ2) is 5.71. The Balaban J connectivity index is 2.26. The van der Waals surface area contributed by atoms with Crippen LogP contribution in [0.25, 0.3) is 0 Å². The van der Waals surface area contributed by atoms with Gasteiger partial charge in [0.1, 0.15) is 22.9 Å². The Hall–Kier alpha value is -2.40. The molecule has 1 aromatic carbocycles. The smallest absolute Gasteiger partial charge is 0.244 e. The van der Waals surface area contributed by atoms with Crippen LogP contribution in [-0.2, 0) is 4.79 Å². The Labute approximate surface area is 116 Å². The molecule has 0 aliphatic heterocycles. The van der Waals surface area contributed by atoms with Crippen LogP contribution >= 0.6 is 0 Å². The van der Waals surface area contributed by atoms with E-state index in [0.29, 0.717) is 12.8 Å². The second-order valence-electron chi connectivity index (χ2n) is 4.98. The molecule has 1 aliphatic rings. The maximum Gasteiger partial charge on any atom is 0.244 e. The highest BCUT2D eigenvalue weighted by molar-refractivity contribution is 5.98. The summed E-state index contributed by atoms with van der Waals surface area (Å²) in [6, 6.07) is 7.88.